The molecule has 0 radical (unpaired) electrons. The van der Waals surface area contributed by atoms with Crippen LogP contribution in [0.25, 0.3) is 0 Å². The van der Waals surface area contributed by atoms with Gasteiger partial charge in [-0.2, -0.15) is 0 Å². The average molecular weight is 271 g/mol. The number of hydrogen-bond acceptors (Lipinski definition) is 2. The fraction of sp³-hybridized carbons (Fsp3) is 0.538. The molecule has 0 spiro atoms. The van der Waals surface area contributed by atoms with E-state index < -0.39 is 0 Å². The van der Waals surface area contributed by atoms with Gasteiger partial charge >= 0.3 is 0 Å². The van der Waals surface area contributed by atoms with Crippen LogP contribution in [0.3, 0.4) is 0 Å². The quantitative estimate of drug-likeness (QED) is 0.585. The van der Waals surface area contributed by atoms with E-state index in [1.54, 1.807) is 31.3 Å². The zero-order valence-electron chi connectivity index (χ0n) is 10.9. The molecule has 0 fully saturated rings. The first-order valence-electron chi connectivity index (χ1n) is 6.04. The Hall–Kier alpha value is -1.29. The number of amides is 1. The van der Waals surface area contributed by atoms with Crippen molar-refractivity contribution in [3.05, 3.63) is 34.2 Å². The Morgan fingerprint density at radius 3 is 2.72 bits per heavy atom. The number of nitrogens with zero attached hydrogens (tertiary/aromatic N) is 2. The molecule has 1 amide bonds. The second kappa shape index (κ2) is 7.21. The summed E-state index contributed by atoms with van der Waals surface area (Å²) in [6.07, 6.45) is 4.52. The van der Waals surface area contributed by atoms with Crippen LogP contribution >= 0.6 is 11.6 Å². The highest BCUT2D eigenvalue weighted by Crippen LogP contribution is 2.04. The lowest BCUT2D eigenvalue weighted by Crippen LogP contribution is -2.29. The number of pyridine rings is 1. The largest absolute Gasteiger partial charge is 0.342 e. The average Bonchev–Trinajstić information content (AvgIpc) is 2.37. The van der Waals surface area contributed by atoms with Gasteiger partial charge in [-0.25, -0.2) is 0 Å². The summed E-state index contributed by atoms with van der Waals surface area (Å²) in [5.74, 6) is 0.547. The molecule has 0 aliphatic rings. The molecular weight excluding hydrogens is 252 g/mol. The van der Waals surface area contributed by atoms with Crippen LogP contribution in [0.1, 0.15) is 29.6 Å². The van der Waals surface area contributed by atoms with Gasteiger partial charge in [-0.15, -0.1) is 11.6 Å². The molecule has 0 saturated carbocycles. The predicted octanol–water partition coefficient (Wildman–Crippen LogP) is 1.87. The van der Waals surface area contributed by atoms with Gasteiger partial charge in [-0.1, -0.05) is 6.42 Å². The van der Waals surface area contributed by atoms with Crippen molar-refractivity contribution in [1.82, 2.24) is 9.47 Å². The molecule has 0 atom stereocenters. The van der Waals surface area contributed by atoms with Crippen molar-refractivity contribution in [3.8, 4) is 0 Å². The lowest BCUT2D eigenvalue weighted by atomic mass is 10.2. The van der Waals surface area contributed by atoms with Gasteiger partial charge in [-0.3, -0.25) is 9.59 Å². The molecule has 4 nitrogen and oxygen atoms in total. The monoisotopic (exact) mass is 270 g/mol. The Labute approximate surface area is 112 Å². The molecule has 0 aromatic carbocycles. The maximum Gasteiger partial charge on any atom is 0.253 e. The minimum atomic E-state index is -0.170. The molecule has 0 saturated heterocycles. The van der Waals surface area contributed by atoms with Crippen LogP contribution in [0.4, 0.5) is 0 Å². The molecule has 1 rings (SSSR count). The molecule has 1 aromatic rings. The number of carbonyl (C=O) groups excluding carboxylic acids is 1. The normalized spacial score (nSPS) is 10.4. The first kappa shape index (κ1) is 14.8. The molecule has 18 heavy (non-hydrogen) atoms. The summed E-state index contributed by atoms with van der Waals surface area (Å²) in [7, 11) is 3.41. The number of halogens is 1. The van der Waals surface area contributed by atoms with Crippen LogP contribution in [-0.4, -0.2) is 34.8 Å². The van der Waals surface area contributed by atoms with Gasteiger partial charge in [0.2, 0.25) is 0 Å². The fourth-order valence-corrected chi connectivity index (χ4v) is 1.81. The topological polar surface area (TPSA) is 42.3 Å². The molecule has 0 aliphatic heterocycles. The zero-order chi connectivity index (χ0) is 13.5. The molecule has 0 unspecified atom stereocenters. The summed E-state index contributed by atoms with van der Waals surface area (Å²) < 4.78 is 1.44. The van der Waals surface area contributed by atoms with E-state index in [1.807, 2.05) is 0 Å². The van der Waals surface area contributed by atoms with Gasteiger partial charge in [0.15, 0.2) is 0 Å². The minimum absolute atomic E-state index is 0.112. The van der Waals surface area contributed by atoms with Crippen molar-refractivity contribution in [2.24, 2.45) is 7.05 Å². The van der Waals surface area contributed by atoms with E-state index in [9.17, 15) is 9.59 Å². The number of aromatic nitrogens is 1. The van der Waals surface area contributed by atoms with E-state index in [-0.39, 0.29) is 11.5 Å². The van der Waals surface area contributed by atoms with E-state index in [2.05, 4.69) is 0 Å². The molecular formula is C13H19ClN2O2. The third kappa shape index (κ3) is 4.18. The Morgan fingerprint density at radius 1 is 1.39 bits per heavy atom. The number of unbranched alkanes of at least 4 members (excludes halogenated alkanes) is 2. The van der Waals surface area contributed by atoms with Crippen molar-refractivity contribution < 1.29 is 4.79 Å². The summed E-state index contributed by atoms with van der Waals surface area (Å²) in [6, 6.07) is 3.04. The SMILES string of the molecule is CN(CCCCCCl)C(=O)c1ccn(C)c(=O)c1. The highest BCUT2D eigenvalue weighted by molar-refractivity contribution is 6.17. The number of alkyl halides is 1. The van der Waals surface area contributed by atoms with Crippen LogP contribution < -0.4 is 5.56 Å². The molecule has 1 heterocycles. The number of hydrogen-bond donors (Lipinski definition) is 0. The highest BCUT2D eigenvalue weighted by atomic mass is 35.5. The van der Waals surface area contributed by atoms with Crippen molar-refractivity contribution in [1.29, 1.82) is 0 Å². The number of carbonyl (C=O) groups is 1. The van der Waals surface area contributed by atoms with Crippen molar-refractivity contribution in [2.75, 3.05) is 19.5 Å². The first-order valence-corrected chi connectivity index (χ1v) is 6.58. The van der Waals surface area contributed by atoms with Crippen LogP contribution in [0.15, 0.2) is 23.1 Å². The van der Waals surface area contributed by atoms with Crippen molar-refractivity contribution in [2.45, 2.75) is 19.3 Å². The third-order valence-corrected chi connectivity index (χ3v) is 3.09. The Kier molecular flexibility index (Phi) is 5.92. The maximum atomic E-state index is 12.0. The smallest absolute Gasteiger partial charge is 0.253 e. The molecule has 100 valence electrons. The highest BCUT2D eigenvalue weighted by Gasteiger charge is 2.11. The van der Waals surface area contributed by atoms with Crippen molar-refractivity contribution in [3.63, 3.8) is 0 Å². The molecule has 1 aromatic heterocycles. The number of aryl methyl sites for hydroxylation is 1. The summed E-state index contributed by atoms with van der Waals surface area (Å²) in [4.78, 5) is 25.1. The van der Waals surface area contributed by atoms with Gasteiger partial charge in [-0.05, 0) is 18.9 Å². The number of rotatable bonds is 6. The van der Waals surface area contributed by atoms with E-state index in [4.69, 9.17) is 11.6 Å². The van der Waals surface area contributed by atoms with Gasteiger partial charge in [0.1, 0.15) is 0 Å². The van der Waals surface area contributed by atoms with E-state index >= 15 is 0 Å². The Balaban J connectivity index is 2.57. The van der Waals surface area contributed by atoms with Gasteiger partial charge < -0.3 is 9.47 Å². The molecule has 0 aliphatic carbocycles. The predicted molar refractivity (Wildman–Crippen MR) is 73.2 cm³/mol. The Morgan fingerprint density at radius 2 is 2.11 bits per heavy atom. The van der Waals surface area contributed by atoms with Gasteiger partial charge in [0.25, 0.3) is 11.5 Å². The van der Waals surface area contributed by atoms with Crippen molar-refractivity contribution >= 4 is 17.5 Å². The second-order valence-electron chi connectivity index (χ2n) is 4.34. The van der Waals surface area contributed by atoms with Crippen LogP contribution in [0, 0.1) is 0 Å². The summed E-state index contributed by atoms with van der Waals surface area (Å²) in [5.41, 5.74) is 0.273. The molecule has 5 heteroatoms. The molecule has 0 bridgehead atoms. The third-order valence-electron chi connectivity index (χ3n) is 2.83. The van der Waals surface area contributed by atoms with Gasteiger partial charge in [0.05, 0.1) is 0 Å². The summed E-state index contributed by atoms with van der Waals surface area (Å²) in [5, 5.41) is 0. The lowest BCUT2D eigenvalue weighted by Gasteiger charge is -2.17. The van der Waals surface area contributed by atoms with Gasteiger partial charge in [0, 0.05) is 44.3 Å². The second-order valence-corrected chi connectivity index (χ2v) is 4.72. The standard InChI is InChI=1S/C13H19ClN2O2/c1-15-9-6-11(10-12(15)17)13(18)16(2)8-5-3-4-7-14/h6,9-10H,3-5,7-8H2,1-2H3. The van der Waals surface area contributed by atoms with Crippen LogP contribution in [0.2, 0.25) is 0 Å². The molecule has 0 N–H and O–H groups in total. The van der Waals surface area contributed by atoms with E-state index in [1.165, 1.54) is 10.6 Å². The lowest BCUT2D eigenvalue weighted by molar-refractivity contribution is 0.0792. The fourth-order valence-electron chi connectivity index (χ4n) is 1.62. The van der Waals surface area contributed by atoms with E-state index in [0.717, 1.165) is 19.3 Å². The van der Waals surface area contributed by atoms with Crippen LogP contribution in [0.5, 0.6) is 0 Å². The van der Waals surface area contributed by atoms with E-state index in [0.29, 0.717) is 18.0 Å². The first-order chi connectivity index (χ1) is 8.56. The maximum absolute atomic E-state index is 12.0. The zero-order valence-corrected chi connectivity index (χ0v) is 11.6. The Bertz CT molecular complexity index is 457. The summed E-state index contributed by atoms with van der Waals surface area (Å²) in [6.45, 7) is 0.685. The van der Waals surface area contributed by atoms with Crippen LogP contribution in [-0.2, 0) is 7.05 Å². The summed E-state index contributed by atoms with van der Waals surface area (Å²) >= 11 is 5.59. The minimum Gasteiger partial charge on any atom is -0.342 e.